The molecular formula is C13H18N2. The maximum absolute atomic E-state index is 5.74. The number of benzene rings is 1. The number of nitrogens with two attached hydrogens (primary N) is 1. The normalized spacial score (nSPS) is 12.2. The Morgan fingerprint density at radius 1 is 1.27 bits per heavy atom. The molecular weight excluding hydrogens is 184 g/mol. The van der Waals surface area contributed by atoms with Crippen LogP contribution in [0.2, 0.25) is 0 Å². The Hall–Kier alpha value is -1.28. The van der Waals surface area contributed by atoms with Crippen LogP contribution in [0.25, 0.3) is 10.9 Å². The van der Waals surface area contributed by atoms with Crippen molar-refractivity contribution >= 4 is 10.9 Å². The lowest BCUT2D eigenvalue weighted by atomic mass is 9.86. The van der Waals surface area contributed by atoms with Crippen LogP contribution in [-0.2, 0) is 6.42 Å². The van der Waals surface area contributed by atoms with Crippen molar-refractivity contribution in [1.82, 2.24) is 4.98 Å². The van der Waals surface area contributed by atoms with E-state index < -0.39 is 0 Å². The summed E-state index contributed by atoms with van der Waals surface area (Å²) in [5.74, 6) is 0. The maximum atomic E-state index is 5.74. The summed E-state index contributed by atoms with van der Waals surface area (Å²) in [6.07, 6.45) is 3.01. The van der Waals surface area contributed by atoms with Gasteiger partial charge < -0.3 is 10.7 Å². The van der Waals surface area contributed by atoms with Crippen LogP contribution in [0.1, 0.15) is 19.4 Å². The Bertz CT molecular complexity index is 454. The molecule has 0 atom stereocenters. The number of hydrogen-bond donors (Lipinski definition) is 2. The summed E-state index contributed by atoms with van der Waals surface area (Å²) in [6, 6.07) is 8.66. The van der Waals surface area contributed by atoms with Crippen molar-refractivity contribution < 1.29 is 0 Å². The van der Waals surface area contributed by atoms with Crippen molar-refractivity contribution in [1.29, 1.82) is 0 Å². The van der Waals surface area contributed by atoms with Gasteiger partial charge in [0.2, 0.25) is 0 Å². The van der Waals surface area contributed by atoms with Crippen LogP contribution in [0, 0.1) is 5.41 Å². The molecule has 0 aliphatic heterocycles. The highest BCUT2D eigenvalue weighted by atomic mass is 14.7. The number of rotatable bonds is 3. The molecule has 0 spiro atoms. The summed E-state index contributed by atoms with van der Waals surface area (Å²) in [5.41, 5.74) is 8.48. The highest BCUT2D eigenvalue weighted by Crippen LogP contribution is 2.22. The van der Waals surface area contributed by atoms with E-state index in [2.05, 4.69) is 43.1 Å². The van der Waals surface area contributed by atoms with Gasteiger partial charge in [-0.1, -0.05) is 19.9 Å². The van der Waals surface area contributed by atoms with Crippen LogP contribution in [0.5, 0.6) is 0 Å². The number of aromatic amines is 1. The Morgan fingerprint density at radius 2 is 2.07 bits per heavy atom. The van der Waals surface area contributed by atoms with E-state index in [1.807, 2.05) is 6.20 Å². The second-order valence-corrected chi connectivity index (χ2v) is 4.94. The van der Waals surface area contributed by atoms with Crippen molar-refractivity contribution in [2.24, 2.45) is 11.1 Å². The first-order valence-electron chi connectivity index (χ1n) is 5.37. The van der Waals surface area contributed by atoms with Gasteiger partial charge in [0.15, 0.2) is 0 Å². The van der Waals surface area contributed by atoms with Gasteiger partial charge in [0.1, 0.15) is 0 Å². The van der Waals surface area contributed by atoms with Crippen molar-refractivity contribution in [3.05, 3.63) is 36.0 Å². The third-order valence-corrected chi connectivity index (χ3v) is 2.85. The summed E-state index contributed by atoms with van der Waals surface area (Å²) in [6.45, 7) is 5.13. The highest BCUT2D eigenvalue weighted by Gasteiger charge is 2.16. The fourth-order valence-corrected chi connectivity index (χ4v) is 1.84. The van der Waals surface area contributed by atoms with Crippen molar-refractivity contribution in [3.63, 3.8) is 0 Å². The summed E-state index contributed by atoms with van der Waals surface area (Å²) in [4.78, 5) is 3.20. The summed E-state index contributed by atoms with van der Waals surface area (Å²) in [7, 11) is 0. The first kappa shape index (κ1) is 10.2. The Morgan fingerprint density at radius 3 is 2.80 bits per heavy atom. The molecule has 80 valence electrons. The average molecular weight is 202 g/mol. The molecule has 0 saturated carbocycles. The topological polar surface area (TPSA) is 41.8 Å². The maximum Gasteiger partial charge on any atom is 0.0454 e. The van der Waals surface area contributed by atoms with Crippen molar-refractivity contribution in [2.75, 3.05) is 6.54 Å². The van der Waals surface area contributed by atoms with Crippen LogP contribution in [0.4, 0.5) is 0 Å². The molecule has 2 nitrogen and oxygen atoms in total. The van der Waals surface area contributed by atoms with Gasteiger partial charge in [-0.15, -0.1) is 0 Å². The zero-order valence-corrected chi connectivity index (χ0v) is 9.38. The molecule has 0 saturated heterocycles. The van der Waals surface area contributed by atoms with Gasteiger partial charge in [0.25, 0.3) is 0 Å². The second kappa shape index (κ2) is 3.70. The van der Waals surface area contributed by atoms with Gasteiger partial charge in [-0.3, -0.25) is 0 Å². The predicted octanol–water partition coefficient (Wildman–Crippen LogP) is 2.70. The molecule has 0 unspecified atom stereocenters. The van der Waals surface area contributed by atoms with Crippen LogP contribution in [0.15, 0.2) is 30.5 Å². The molecule has 0 aliphatic carbocycles. The summed E-state index contributed by atoms with van der Waals surface area (Å²) in [5, 5.41) is 1.28. The van der Waals surface area contributed by atoms with Crippen LogP contribution in [-0.4, -0.2) is 11.5 Å². The highest BCUT2D eigenvalue weighted by molar-refractivity contribution is 5.79. The monoisotopic (exact) mass is 202 g/mol. The molecule has 3 N–H and O–H groups in total. The molecule has 15 heavy (non-hydrogen) atoms. The molecule has 0 radical (unpaired) electrons. The smallest absolute Gasteiger partial charge is 0.0454 e. The molecule has 2 heteroatoms. The van der Waals surface area contributed by atoms with E-state index in [4.69, 9.17) is 5.73 Å². The van der Waals surface area contributed by atoms with Gasteiger partial charge in [-0.05, 0) is 47.5 Å². The number of hydrogen-bond acceptors (Lipinski definition) is 1. The Balaban J connectivity index is 2.28. The number of aromatic nitrogens is 1. The quantitative estimate of drug-likeness (QED) is 0.789. The van der Waals surface area contributed by atoms with Gasteiger partial charge in [0.05, 0.1) is 0 Å². The Labute approximate surface area is 90.5 Å². The summed E-state index contributed by atoms with van der Waals surface area (Å²) < 4.78 is 0. The van der Waals surface area contributed by atoms with E-state index in [1.54, 1.807) is 0 Å². The lowest BCUT2D eigenvalue weighted by Crippen LogP contribution is -2.25. The minimum atomic E-state index is 0.185. The third kappa shape index (κ3) is 2.21. The van der Waals surface area contributed by atoms with Crippen LogP contribution < -0.4 is 5.73 Å². The second-order valence-electron chi connectivity index (χ2n) is 4.94. The molecule has 0 amide bonds. The largest absolute Gasteiger partial charge is 0.361 e. The van der Waals surface area contributed by atoms with Crippen molar-refractivity contribution in [2.45, 2.75) is 20.3 Å². The fourth-order valence-electron chi connectivity index (χ4n) is 1.84. The van der Waals surface area contributed by atoms with Crippen LogP contribution >= 0.6 is 0 Å². The number of fused-ring (bicyclic) bond motifs is 1. The molecule has 1 aromatic carbocycles. The van der Waals surface area contributed by atoms with E-state index in [-0.39, 0.29) is 5.41 Å². The average Bonchev–Trinajstić information content (AvgIpc) is 2.64. The lowest BCUT2D eigenvalue weighted by Gasteiger charge is -2.22. The van der Waals surface area contributed by atoms with Gasteiger partial charge in [-0.2, -0.15) is 0 Å². The number of nitrogens with one attached hydrogen (secondary N) is 1. The summed E-state index contributed by atoms with van der Waals surface area (Å²) >= 11 is 0. The standard InChI is InChI=1S/C13H18N2/c1-13(2,9-14)8-10-3-4-12-11(7-10)5-6-15-12/h3-7,15H,8-9,14H2,1-2H3. The minimum Gasteiger partial charge on any atom is -0.361 e. The van der Waals surface area contributed by atoms with E-state index in [9.17, 15) is 0 Å². The van der Waals surface area contributed by atoms with Gasteiger partial charge >= 0.3 is 0 Å². The van der Waals surface area contributed by atoms with Gasteiger partial charge in [-0.25, -0.2) is 0 Å². The van der Waals surface area contributed by atoms with Crippen LogP contribution in [0.3, 0.4) is 0 Å². The first-order chi connectivity index (χ1) is 7.11. The molecule has 0 fully saturated rings. The molecule has 1 heterocycles. The SMILES string of the molecule is CC(C)(CN)Cc1ccc2[nH]ccc2c1. The van der Waals surface area contributed by atoms with E-state index in [0.29, 0.717) is 0 Å². The number of H-pyrrole nitrogens is 1. The first-order valence-corrected chi connectivity index (χ1v) is 5.37. The lowest BCUT2D eigenvalue weighted by molar-refractivity contribution is 0.377. The van der Waals surface area contributed by atoms with Crippen molar-refractivity contribution in [3.8, 4) is 0 Å². The predicted molar refractivity (Wildman–Crippen MR) is 64.8 cm³/mol. The molecule has 2 rings (SSSR count). The van der Waals surface area contributed by atoms with Gasteiger partial charge in [0, 0.05) is 11.7 Å². The van der Waals surface area contributed by atoms with E-state index >= 15 is 0 Å². The van der Waals surface area contributed by atoms with E-state index in [1.165, 1.54) is 16.5 Å². The zero-order valence-electron chi connectivity index (χ0n) is 9.38. The van der Waals surface area contributed by atoms with E-state index in [0.717, 1.165) is 13.0 Å². The minimum absolute atomic E-state index is 0.185. The third-order valence-electron chi connectivity index (χ3n) is 2.85. The fraction of sp³-hybridized carbons (Fsp3) is 0.385. The molecule has 2 aromatic rings. The molecule has 0 bridgehead atoms. The molecule has 1 aromatic heterocycles. The Kier molecular flexibility index (Phi) is 2.53. The zero-order chi connectivity index (χ0) is 10.9. The molecule has 0 aliphatic rings.